The van der Waals surface area contributed by atoms with Crippen LogP contribution in [0.4, 0.5) is 0 Å². The Morgan fingerprint density at radius 2 is 2.16 bits per heavy atom. The number of carboxylic acid groups (broad SMARTS) is 1. The van der Waals surface area contributed by atoms with Crippen LogP contribution in [0.5, 0.6) is 0 Å². The van der Waals surface area contributed by atoms with Crippen molar-refractivity contribution >= 4 is 27.3 Å². The highest BCUT2D eigenvalue weighted by Crippen LogP contribution is 2.25. The first kappa shape index (κ1) is 14.4. The predicted molar refractivity (Wildman–Crippen MR) is 71.9 cm³/mol. The fourth-order valence-corrected chi connectivity index (χ4v) is 4.91. The fraction of sp³-hybridized carbons (Fsp3) is 0.545. The number of rotatable bonds is 4. The topological polar surface area (TPSA) is 86.7 Å². The van der Waals surface area contributed by atoms with Crippen LogP contribution in [0.2, 0.25) is 0 Å². The Hall–Kier alpha value is -0.960. The van der Waals surface area contributed by atoms with Crippen LogP contribution in [0.15, 0.2) is 16.3 Å². The van der Waals surface area contributed by atoms with Crippen molar-refractivity contribution in [2.75, 3.05) is 26.2 Å². The van der Waals surface area contributed by atoms with E-state index in [1.807, 2.05) is 0 Å². The minimum absolute atomic E-state index is 0.137. The molecule has 0 spiro atoms. The normalized spacial score (nSPS) is 18.1. The highest BCUT2D eigenvalue weighted by molar-refractivity contribution is 7.91. The summed E-state index contributed by atoms with van der Waals surface area (Å²) in [7, 11) is -3.48. The molecule has 0 atom stereocenters. The van der Waals surface area contributed by atoms with Gasteiger partial charge in [0.05, 0.1) is 6.42 Å². The molecule has 1 fully saturated rings. The smallest absolute Gasteiger partial charge is 0.308 e. The van der Waals surface area contributed by atoms with Gasteiger partial charge in [0.15, 0.2) is 0 Å². The maximum atomic E-state index is 12.4. The van der Waals surface area contributed by atoms with E-state index in [1.54, 1.807) is 6.07 Å². The first-order valence-electron chi connectivity index (χ1n) is 6.01. The Morgan fingerprint density at radius 1 is 1.37 bits per heavy atom. The number of nitrogens with zero attached hydrogens (tertiary/aromatic N) is 1. The number of nitrogens with one attached hydrogen (secondary N) is 1. The average molecular weight is 304 g/mol. The van der Waals surface area contributed by atoms with Gasteiger partial charge >= 0.3 is 5.97 Å². The van der Waals surface area contributed by atoms with Crippen molar-refractivity contribution in [1.82, 2.24) is 9.62 Å². The number of aliphatic carboxylic acids is 1. The lowest BCUT2D eigenvalue weighted by Gasteiger charge is -2.18. The summed E-state index contributed by atoms with van der Waals surface area (Å²) in [4.78, 5) is 11.2. The first-order valence-corrected chi connectivity index (χ1v) is 8.27. The van der Waals surface area contributed by atoms with E-state index in [0.29, 0.717) is 24.5 Å². The SMILES string of the molecule is O=C(O)Cc1ccc(S(=O)(=O)N2CCCNCC2)s1. The van der Waals surface area contributed by atoms with Gasteiger partial charge in [0.25, 0.3) is 10.0 Å². The molecular weight excluding hydrogens is 288 g/mol. The highest BCUT2D eigenvalue weighted by Gasteiger charge is 2.26. The molecule has 6 nitrogen and oxygen atoms in total. The minimum atomic E-state index is -3.48. The van der Waals surface area contributed by atoms with Crippen molar-refractivity contribution in [1.29, 1.82) is 0 Å². The lowest BCUT2D eigenvalue weighted by Crippen LogP contribution is -2.33. The van der Waals surface area contributed by atoms with Gasteiger partial charge < -0.3 is 10.4 Å². The predicted octanol–water partition coefficient (Wildman–Crippen LogP) is 0.359. The van der Waals surface area contributed by atoms with Crippen molar-refractivity contribution in [3.8, 4) is 0 Å². The molecule has 2 N–H and O–H groups in total. The third-order valence-corrected chi connectivity index (χ3v) is 6.31. The third kappa shape index (κ3) is 3.53. The zero-order chi connectivity index (χ0) is 13.9. The van der Waals surface area contributed by atoms with Gasteiger partial charge in [0.1, 0.15) is 4.21 Å². The van der Waals surface area contributed by atoms with Crippen molar-refractivity contribution in [3.63, 3.8) is 0 Å². The molecule has 1 aliphatic rings. The van der Waals surface area contributed by atoms with E-state index in [0.717, 1.165) is 24.3 Å². The van der Waals surface area contributed by atoms with Gasteiger partial charge in [-0.05, 0) is 25.1 Å². The van der Waals surface area contributed by atoms with E-state index in [1.165, 1.54) is 10.4 Å². The Balaban J connectivity index is 2.18. The summed E-state index contributed by atoms with van der Waals surface area (Å²) in [5, 5.41) is 11.9. The number of hydrogen-bond donors (Lipinski definition) is 2. The second-order valence-corrected chi connectivity index (χ2v) is 7.63. The summed E-state index contributed by atoms with van der Waals surface area (Å²) in [6.45, 7) is 2.42. The molecule has 1 aliphatic heterocycles. The fourth-order valence-electron chi connectivity index (χ4n) is 1.93. The van der Waals surface area contributed by atoms with Crippen LogP contribution < -0.4 is 5.32 Å². The lowest BCUT2D eigenvalue weighted by molar-refractivity contribution is -0.136. The second-order valence-electron chi connectivity index (χ2n) is 4.30. The Labute approximate surface area is 116 Å². The van der Waals surface area contributed by atoms with E-state index in [-0.39, 0.29) is 10.6 Å². The highest BCUT2D eigenvalue weighted by atomic mass is 32.2. The standard InChI is InChI=1S/C11H16N2O4S2/c14-10(15)8-9-2-3-11(18-9)19(16,17)13-6-1-4-12-5-7-13/h2-3,12H,1,4-8H2,(H,14,15). The van der Waals surface area contributed by atoms with Crippen molar-refractivity contribution in [2.45, 2.75) is 17.1 Å². The Kier molecular flexibility index (Phi) is 4.56. The first-order chi connectivity index (χ1) is 9.00. The van der Waals surface area contributed by atoms with Gasteiger partial charge in [-0.2, -0.15) is 4.31 Å². The molecule has 0 saturated carbocycles. The molecular formula is C11H16N2O4S2. The van der Waals surface area contributed by atoms with Gasteiger partial charge in [-0.25, -0.2) is 8.42 Å². The number of carboxylic acids is 1. The van der Waals surface area contributed by atoms with Crippen LogP contribution in [0.25, 0.3) is 0 Å². The van der Waals surface area contributed by atoms with Crippen LogP contribution in [0, 0.1) is 0 Å². The van der Waals surface area contributed by atoms with Crippen LogP contribution in [0.1, 0.15) is 11.3 Å². The molecule has 0 bridgehead atoms. The molecule has 0 radical (unpaired) electrons. The molecule has 0 unspecified atom stereocenters. The molecule has 1 saturated heterocycles. The maximum absolute atomic E-state index is 12.4. The van der Waals surface area contributed by atoms with Crippen molar-refractivity contribution in [2.24, 2.45) is 0 Å². The van der Waals surface area contributed by atoms with E-state index in [2.05, 4.69) is 5.32 Å². The van der Waals surface area contributed by atoms with Crippen molar-refractivity contribution in [3.05, 3.63) is 17.0 Å². The van der Waals surface area contributed by atoms with Gasteiger partial charge in [0, 0.05) is 24.5 Å². The second kappa shape index (κ2) is 6.00. The zero-order valence-electron chi connectivity index (χ0n) is 10.3. The minimum Gasteiger partial charge on any atom is -0.481 e. The summed E-state index contributed by atoms with van der Waals surface area (Å²) in [6.07, 6.45) is 0.647. The van der Waals surface area contributed by atoms with E-state index in [9.17, 15) is 13.2 Å². The molecule has 0 amide bonds. The number of hydrogen-bond acceptors (Lipinski definition) is 5. The van der Waals surface area contributed by atoms with Crippen molar-refractivity contribution < 1.29 is 18.3 Å². The lowest BCUT2D eigenvalue weighted by atomic mass is 10.3. The van der Waals surface area contributed by atoms with Crippen LogP contribution in [-0.2, 0) is 21.2 Å². The van der Waals surface area contributed by atoms with Gasteiger partial charge in [0.2, 0.25) is 0 Å². The molecule has 2 heterocycles. The molecule has 19 heavy (non-hydrogen) atoms. The number of thiophene rings is 1. The summed E-state index contributed by atoms with van der Waals surface area (Å²) >= 11 is 1.04. The van der Waals surface area contributed by atoms with Gasteiger partial charge in [-0.3, -0.25) is 4.79 Å². The van der Waals surface area contributed by atoms with Crippen LogP contribution in [-0.4, -0.2) is 50.0 Å². The summed E-state index contributed by atoms with van der Waals surface area (Å²) < 4.78 is 26.5. The molecule has 0 aromatic carbocycles. The van der Waals surface area contributed by atoms with Gasteiger partial charge in [-0.1, -0.05) is 0 Å². The largest absolute Gasteiger partial charge is 0.481 e. The van der Waals surface area contributed by atoms with Gasteiger partial charge in [-0.15, -0.1) is 11.3 Å². The quantitative estimate of drug-likeness (QED) is 0.839. The summed E-state index contributed by atoms with van der Waals surface area (Å²) in [6, 6.07) is 3.07. The maximum Gasteiger partial charge on any atom is 0.308 e. The Bertz CT molecular complexity index is 545. The molecule has 1 aromatic heterocycles. The van der Waals surface area contributed by atoms with E-state index < -0.39 is 16.0 Å². The molecule has 106 valence electrons. The van der Waals surface area contributed by atoms with E-state index >= 15 is 0 Å². The number of carbonyl (C=O) groups is 1. The summed E-state index contributed by atoms with van der Waals surface area (Å²) in [5.41, 5.74) is 0. The molecule has 1 aromatic rings. The van der Waals surface area contributed by atoms with Crippen LogP contribution >= 0.6 is 11.3 Å². The Morgan fingerprint density at radius 3 is 2.89 bits per heavy atom. The molecule has 8 heteroatoms. The average Bonchev–Trinajstić information content (AvgIpc) is 2.64. The van der Waals surface area contributed by atoms with E-state index in [4.69, 9.17) is 5.11 Å². The monoisotopic (exact) mass is 304 g/mol. The molecule has 2 rings (SSSR count). The number of sulfonamides is 1. The summed E-state index contributed by atoms with van der Waals surface area (Å²) in [5.74, 6) is -0.954. The zero-order valence-corrected chi connectivity index (χ0v) is 12.0. The molecule has 0 aliphatic carbocycles. The third-order valence-electron chi connectivity index (χ3n) is 2.86. The van der Waals surface area contributed by atoms with Crippen LogP contribution in [0.3, 0.4) is 0 Å².